The average Bonchev–Trinajstić information content (AvgIpc) is 3.28. The van der Waals surface area contributed by atoms with Crippen molar-refractivity contribution >= 4 is 17.3 Å². The summed E-state index contributed by atoms with van der Waals surface area (Å²) < 4.78 is 86.6. The largest absolute Gasteiger partial charge is 0.460 e. The second-order valence-electron chi connectivity index (χ2n) is 9.82. The third kappa shape index (κ3) is 6.04. The van der Waals surface area contributed by atoms with E-state index in [2.05, 4.69) is 20.3 Å². The van der Waals surface area contributed by atoms with E-state index < -0.39 is 23.5 Å². The van der Waals surface area contributed by atoms with Crippen LogP contribution in [0.25, 0.3) is 0 Å². The molecular formula is C27H27F6N5O. The number of nitrogens with zero attached hydrogens (tertiary/aromatic N) is 4. The number of fused-ring (bicyclic) bond motifs is 1. The third-order valence-corrected chi connectivity index (χ3v) is 7.10. The molecule has 6 nitrogen and oxygen atoms in total. The Hall–Kier alpha value is -3.57. The highest BCUT2D eigenvalue weighted by Crippen LogP contribution is 2.37. The van der Waals surface area contributed by atoms with Gasteiger partial charge in [0.05, 0.1) is 16.8 Å². The SMILES string of the molecule is Cc1cc(C(F)(F)F)ccc1Nc1nc(OC2CCCC2)nc2c1CCN(c1ncccc1C(F)(F)F)CC2. The first-order valence-corrected chi connectivity index (χ1v) is 12.8. The van der Waals surface area contributed by atoms with Crippen molar-refractivity contribution in [1.82, 2.24) is 15.0 Å². The quantitative estimate of drug-likeness (QED) is 0.349. The van der Waals surface area contributed by atoms with Crippen LogP contribution in [0.2, 0.25) is 0 Å². The van der Waals surface area contributed by atoms with E-state index in [4.69, 9.17) is 4.74 Å². The van der Waals surface area contributed by atoms with Crippen molar-refractivity contribution in [2.75, 3.05) is 23.3 Å². The number of halogens is 6. The molecule has 1 saturated carbocycles. The van der Waals surface area contributed by atoms with Crippen molar-refractivity contribution in [3.8, 4) is 6.01 Å². The fourth-order valence-electron chi connectivity index (χ4n) is 5.08. The Kier molecular flexibility index (Phi) is 7.30. The maximum atomic E-state index is 13.7. The van der Waals surface area contributed by atoms with Crippen LogP contribution in [0.15, 0.2) is 36.5 Å². The zero-order chi connectivity index (χ0) is 27.8. The van der Waals surface area contributed by atoms with Gasteiger partial charge < -0.3 is 15.0 Å². The smallest absolute Gasteiger partial charge is 0.419 e. The van der Waals surface area contributed by atoms with Crippen molar-refractivity contribution < 1.29 is 31.1 Å². The zero-order valence-corrected chi connectivity index (χ0v) is 21.2. The topological polar surface area (TPSA) is 63.2 Å². The molecule has 39 heavy (non-hydrogen) atoms. The van der Waals surface area contributed by atoms with E-state index in [9.17, 15) is 26.3 Å². The molecule has 208 valence electrons. The summed E-state index contributed by atoms with van der Waals surface area (Å²) in [6.07, 6.45) is -3.31. The molecule has 1 aliphatic carbocycles. The van der Waals surface area contributed by atoms with Gasteiger partial charge in [-0.15, -0.1) is 0 Å². The summed E-state index contributed by atoms with van der Waals surface area (Å²) in [6, 6.07) is 5.80. The van der Waals surface area contributed by atoms with E-state index >= 15 is 0 Å². The van der Waals surface area contributed by atoms with Gasteiger partial charge in [0.2, 0.25) is 0 Å². The molecule has 0 radical (unpaired) electrons. The van der Waals surface area contributed by atoms with E-state index in [1.807, 2.05) is 0 Å². The number of benzene rings is 1. The molecule has 0 unspecified atom stereocenters. The van der Waals surface area contributed by atoms with Crippen LogP contribution in [0.1, 0.15) is 53.6 Å². The number of hydrogen-bond donors (Lipinski definition) is 1. The lowest BCUT2D eigenvalue weighted by atomic mass is 10.1. The molecule has 1 aromatic carbocycles. The number of ether oxygens (including phenoxy) is 1. The molecule has 0 spiro atoms. The van der Waals surface area contributed by atoms with Crippen LogP contribution >= 0.6 is 0 Å². The second-order valence-corrected chi connectivity index (χ2v) is 9.82. The van der Waals surface area contributed by atoms with Gasteiger partial charge in [0, 0.05) is 37.0 Å². The van der Waals surface area contributed by atoms with Crippen molar-refractivity contribution in [3.63, 3.8) is 0 Å². The highest BCUT2D eigenvalue weighted by atomic mass is 19.4. The standard InChI is InChI=1S/C27H27F6N5O/c1-16-15-17(26(28,29)30)8-9-21(16)35-23-19-10-13-38(24-20(27(31,32)33)7-4-12-34-24)14-11-22(19)36-25(37-23)39-18-5-2-3-6-18/h4,7-9,12,15,18H,2-3,5-6,10-11,13-14H2,1H3,(H,35,36,37). The zero-order valence-electron chi connectivity index (χ0n) is 21.2. The molecule has 0 bridgehead atoms. The summed E-state index contributed by atoms with van der Waals surface area (Å²) in [5.41, 5.74) is 0.529. The summed E-state index contributed by atoms with van der Waals surface area (Å²) in [6.45, 7) is 2.03. The minimum Gasteiger partial charge on any atom is -0.460 e. The van der Waals surface area contributed by atoms with Crippen LogP contribution in [-0.2, 0) is 25.2 Å². The molecule has 12 heteroatoms. The van der Waals surface area contributed by atoms with Crippen LogP contribution in [0.5, 0.6) is 6.01 Å². The van der Waals surface area contributed by atoms with Crippen LogP contribution in [-0.4, -0.2) is 34.1 Å². The van der Waals surface area contributed by atoms with Crippen LogP contribution in [0.3, 0.4) is 0 Å². The van der Waals surface area contributed by atoms with E-state index in [1.54, 1.807) is 11.8 Å². The van der Waals surface area contributed by atoms with Gasteiger partial charge in [0.15, 0.2) is 0 Å². The number of aromatic nitrogens is 3. The summed E-state index contributed by atoms with van der Waals surface area (Å²) in [5.74, 6) is 0.219. The maximum Gasteiger partial charge on any atom is 0.419 e. The predicted molar refractivity (Wildman–Crippen MR) is 133 cm³/mol. The normalized spacial score (nSPS) is 16.6. The number of nitrogens with one attached hydrogen (secondary N) is 1. The Morgan fingerprint density at radius 2 is 1.69 bits per heavy atom. The Balaban J connectivity index is 1.48. The van der Waals surface area contributed by atoms with Crippen molar-refractivity contribution in [2.24, 2.45) is 0 Å². The van der Waals surface area contributed by atoms with Crippen molar-refractivity contribution in [1.29, 1.82) is 0 Å². The third-order valence-electron chi connectivity index (χ3n) is 7.10. The Morgan fingerprint density at radius 1 is 0.949 bits per heavy atom. The molecule has 0 saturated heterocycles. The molecule has 5 rings (SSSR count). The maximum absolute atomic E-state index is 13.7. The Labute approximate surface area is 221 Å². The molecule has 3 aromatic rings. The van der Waals surface area contributed by atoms with Crippen LogP contribution in [0, 0.1) is 6.92 Å². The first kappa shape index (κ1) is 27.0. The molecular weight excluding hydrogens is 524 g/mol. The lowest BCUT2D eigenvalue weighted by Gasteiger charge is -2.24. The molecule has 2 aromatic heterocycles. The summed E-state index contributed by atoms with van der Waals surface area (Å²) in [4.78, 5) is 14.8. The Morgan fingerprint density at radius 3 is 2.38 bits per heavy atom. The molecule has 0 amide bonds. The van der Waals surface area contributed by atoms with E-state index in [-0.39, 0.29) is 31.0 Å². The van der Waals surface area contributed by atoms with Crippen molar-refractivity contribution in [2.45, 2.75) is 63.9 Å². The number of anilines is 3. The van der Waals surface area contributed by atoms with Gasteiger partial charge in [-0.05, 0) is 74.9 Å². The van der Waals surface area contributed by atoms with E-state index in [0.717, 1.165) is 43.9 Å². The summed E-state index contributed by atoms with van der Waals surface area (Å²) >= 11 is 0. The lowest BCUT2D eigenvalue weighted by molar-refractivity contribution is -0.138. The molecule has 3 heterocycles. The van der Waals surface area contributed by atoms with Gasteiger partial charge in [0.25, 0.3) is 0 Å². The fraction of sp³-hybridized carbons (Fsp3) is 0.444. The summed E-state index contributed by atoms with van der Waals surface area (Å²) in [5, 5.41) is 3.15. The number of rotatable bonds is 5. The molecule has 1 fully saturated rings. The first-order chi connectivity index (χ1) is 18.5. The van der Waals surface area contributed by atoms with Crippen molar-refractivity contribution in [3.05, 3.63) is 64.5 Å². The lowest BCUT2D eigenvalue weighted by Crippen LogP contribution is -2.29. The van der Waals surface area contributed by atoms with Gasteiger partial charge in [-0.25, -0.2) is 4.98 Å². The first-order valence-electron chi connectivity index (χ1n) is 12.8. The highest BCUT2D eigenvalue weighted by molar-refractivity contribution is 5.65. The number of alkyl halides is 6. The molecule has 0 atom stereocenters. The minimum absolute atomic E-state index is 0.0335. The van der Waals surface area contributed by atoms with Gasteiger partial charge in [0.1, 0.15) is 17.7 Å². The fourth-order valence-corrected chi connectivity index (χ4v) is 5.08. The highest BCUT2D eigenvalue weighted by Gasteiger charge is 2.36. The average molecular weight is 552 g/mol. The van der Waals surface area contributed by atoms with E-state index in [0.29, 0.717) is 41.2 Å². The Bertz CT molecular complexity index is 1340. The summed E-state index contributed by atoms with van der Waals surface area (Å²) in [7, 11) is 0. The molecule has 2 aliphatic rings. The number of hydrogen-bond acceptors (Lipinski definition) is 6. The molecule has 1 N–H and O–H groups in total. The number of aryl methyl sites for hydroxylation is 1. The van der Waals surface area contributed by atoms with Gasteiger partial charge >= 0.3 is 18.4 Å². The van der Waals surface area contributed by atoms with Gasteiger partial charge in [-0.2, -0.15) is 36.3 Å². The number of pyridine rings is 1. The predicted octanol–water partition coefficient (Wildman–Crippen LogP) is 6.89. The second kappa shape index (κ2) is 10.5. The van der Waals surface area contributed by atoms with Crippen LogP contribution in [0.4, 0.5) is 43.7 Å². The van der Waals surface area contributed by atoms with Gasteiger partial charge in [-0.1, -0.05) is 0 Å². The van der Waals surface area contributed by atoms with Gasteiger partial charge in [-0.3, -0.25) is 0 Å². The van der Waals surface area contributed by atoms with Crippen LogP contribution < -0.4 is 15.0 Å². The molecule has 1 aliphatic heterocycles. The monoisotopic (exact) mass is 551 g/mol. The minimum atomic E-state index is -4.56. The van der Waals surface area contributed by atoms with E-state index in [1.165, 1.54) is 18.3 Å².